The molecule has 0 saturated carbocycles. The molecule has 0 unspecified atom stereocenters. The lowest BCUT2D eigenvalue weighted by Gasteiger charge is -2.06. The number of ether oxygens (including phenoxy) is 1. The molecular weight excluding hydrogens is 240 g/mol. The molecule has 0 aliphatic carbocycles. The van der Waals surface area contributed by atoms with E-state index in [0.717, 1.165) is 5.03 Å². The van der Waals surface area contributed by atoms with Crippen molar-refractivity contribution in [3.05, 3.63) is 29.6 Å². The van der Waals surface area contributed by atoms with Crippen LogP contribution in [0.4, 0.5) is 5.69 Å². The van der Waals surface area contributed by atoms with E-state index in [1.807, 2.05) is 30.5 Å². The molecule has 0 spiro atoms. The molecule has 84 valence electrons. The van der Waals surface area contributed by atoms with Crippen LogP contribution in [0.25, 0.3) is 0 Å². The average molecular weight is 252 g/mol. The van der Waals surface area contributed by atoms with Crippen LogP contribution in [-0.4, -0.2) is 11.6 Å². The van der Waals surface area contributed by atoms with Gasteiger partial charge in [0.1, 0.15) is 5.03 Å². The van der Waals surface area contributed by atoms with Crippen molar-refractivity contribution in [1.29, 1.82) is 0 Å². The van der Waals surface area contributed by atoms with Crippen LogP contribution in [0.3, 0.4) is 0 Å². The van der Waals surface area contributed by atoms with Gasteiger partial charge in [0, 0.05) is 0 Å². The van der Waals surface area contributed by atoms with Crippen molar-refractivity contribution in [3.8, 4) is 5.88 Å². The molecule has 16 heavy (non-hydrogen) atoms. The molecule has 0 saturated heterocycles. The second kappa shape index (κ2) is 5.23. The van der Waals surface area contributed by atoms with Crippen molar-refractivity contribution in [1.82, 2.24) is 4.98 Å². The lowest BCUT2D eigenvalue weighted by Crippen LogP contribution is -1.99. The monoisotopic (exact) mass is 252 g/mol. The minimum atomic E-state index is 0.518. The molecule has 0 radical (unpaired) electrons. The Morgan fingerprint density at radius 2 is 2.31 bits per heavy atom. The predicted molar refractivity (Wildman–Crippen MR) is 68.3 cm³/mol. The molecule has 2 heterocycles. The minimum absolute atomic E-state index is 0.518. The first-order valence-corrected chi connectivity index (χ1v) is 6.60. The Morgan fingerprint density at radius 3 is 3.00 bits per heavy atom. The molecule has 0 atom stereocenters. The topological polar surface area (TPSA) is 48.1 Å². The van der Waals surface area contributed by atoms with Gasteiger partial charge in [0.15, 0.2) is 0 Å². The predicted octanol–water partition coefficient (Wildman–Crippen LogP) is 3.28. The average Bonchev–Trinajstić information content (AvgIpc) is 2.76. The number of anilines is 1. The Labute approximate surface area is 103 Å². The van der Waals surface area contributed by atoms with Crippen LogP contribution >= 0.6 is 23.1 Å². The van der Waals surface area contributed by atoms with Crippen LogP contribution in [0.1, 0.15) is 6.92 Å². The smallest absolute Gasteiger partial charge is 0.238 e. The van der Waals surface area contributed by atoms with Gasteiger partial charge in [0.05, 0.1) is 16.5 Å². The van der Waals surface area contributed by atoms with Gasteiger partial charge in [0.25, 0.3) is 0 Å². The van der Waals surface area contributed by atoms with E-state index in [1.165, 1.54) is 4.21 Å². The maximum atomic E-state index is 5.75. The summed E-state index contributed by atoms with van der Waals surface area (Å²) in [5.41, 5.74) is 6.34. The van der Waals surface area contributed by atoms with Crippen LogP contribution < -0.4 is 10.5 Å². The third-order valence-corrected chi connectivity index (χ3v) is 3.82. The third-order valence-electron chi connectivity index (χ3n) is 1.85. The van der Waals surface area contributed by atoms with Gasteiger partial charge in [-0.25, -0.2) is 4.98 Å². The molecule has 2 aromatic heterocycles. The fourth-order valence-corrected chi connectivity index (χ4v) is 2.85. The van der Waals surface area contributed by atoms with E-state index >= 15 is 0 Å². The van der Waals surface area contributed by atoms with E-state index in [4.69, 9.17) is 10.5 Å². The second-order valence-corrected chi connectivity index (χ2v) is 5.28. The van der Waals surface area contributed by atoms with E-state index < -0.39 is 0 Å². The highest BCUT2D eigenvalue weighted by molar-refractivity contribution is 8.01. The molecule has 0 fully saturated rings. The van der Waals surface area contributed by atoms with Crippen LogP contribution in [0, 0.1) is 0 Å². The first kappa shape index (κ1) is 11.3. The number of aromatic nitrogens is 1. The van der Waals surface area contributed by atoms with Gasteiger partial charge in [-0.2, -0.15) is 0 Å². The van der Waals surface area contributed by atoms with E-state index in [0.29, 0.717) is 18.2 Å². The molecule has 0 aliphatic heterocycles. The highest BCUT2D eigenvalue weighted by Crippen LogP contribution is 2.32. The Balaban J connectivity index is 2.19. The van der Waals surface area contributed by atoms with E-state index in [-0.39, 0.29) is 0 Å². The number of nitrogen functional groups attached to an aromatic ring is 1. The molecular formula is C11H12N2OS2. The van der Waals surface area contributed by atoms with Gasteiger partial charge in [-0.1, -0.05) is 17.8 Å². The zero-order valence-corrected chi connectivity index (χ0v) is 10.5. The zero-order chi connectivity index (χ0) is 11.4. The van der Waals surface area contributed by atoms with Gasteiger partial charge >= 0.3 is 0 Å². The number of nitrogens with two attached hydrogens (primary N) is 1. The fraction of sp³-hybridized carbons (Fsp3) is 0.182. The van der Waals surface area contributed by atoms with Crippen molar-refractivity contribution < 1.29 is 4.74 Å². The Kier molecular flexibility index (Phi) is 3.69. The zero-order valence-electron chi connectivity index (χ0n) is 8.84. The Bertz CT molecular complexity index is 457. The molecule has 2 aromatic rings. The molecule has 5 heteroatoms. The SMILES string of the molecule is CCOc1nc(Sc2cccs2)ccc1N. The molecule has 0 bridgehead atoms. The van der Waals surface area contributed by atoms with Crippen LogP contribution in [0.5, 0.6) is 5.88 Å². The summed E-state index contributed by atoms with van der Waals surface area (Å²) in [5, 5.41) is 2.95. The van der Waals surface area contributed by atoms with Crippen molar-refractivity contribution >= 4 is 28.8 Å². The standard InChI is InChI=1S/C11H12N2OS2/c1-2-14-11-8(12)5-6-9(13-11)16-10-4-3-7-15-10/h3-7H,2,12H2,1H3. The first-order valence-electron chi connectivity index (χ1n) is 4.90. The van der Waals surface area contributed by atoms with E-state index in [9.17, 15) is 0 Å². The van der Waals surface area contributed by atoms with Gasteiger partial charge in [-0.15, -0.1) is 11.3 Å². The third kappa shape index (κ3) is 2.68. The number of hydrogen-bond acceptors (Lipinski definition) is 5. The van der Waals surface area contributed by atoms with Crippen LogP contribution in [-0.2, 0) is 0 Å². The van der Waals surface area contributed by atoms with Crippen molar-refractivity contribution in [3.63, 3.8) is 0 Å². The summed E-state index contributed by atoms with van der Waals surface area (Å²) < 4.78 is 6.56. The lowest BCUT2D eigenvalue weighted by molar-refractivity contribution is 0.326. The normalized spacial score (nSPS) is 10.3. The van der Waals surface area contributed by atoms with Gasteiger partial charge in [0.2, 0.25) is 5.88 Å². The maximum absolute atomic E-state index is 5.75. The summed E-state index contributed by atoms with van der Waals surface area (Å²) in [4.78, 5) is 4.36. The van der Waals surface area contributed by atoms with E-state index in [2.05, 4.69) is 11.1 Å². The van der Waals surface area contributed by atoms with Crippen molar-refractivity contribution in [2.24, 2.45) is 0 Å². The highest BCUT2D eigenvalue weighted by Gasteiger charge is 2.05. The maximum Gasteiger partial charge on any atom is 0.238 e. The highest BCUT2D eigenvalue weighted by atomic mass is 32.2. The van der Waals surface area contributed by atoms with Crippen molar-refractivity contribution in [2.75, 3.05) is 12.3 Å². The molecule has 0 aromatic carbocycles. The summed E-state index contributed by atoms with van der Waals surface area (Å²) in [6.45, 7) is 2.49. The number of nitrogens with zero attached hydrogens (tertiary/aromatic N) is 1. The molecule has 2 rings (SSSR count). The Hall–Kier alpha value is -1.20. The summed E-state index contributed by atoms with van der Waals surface area (Å²) in [5.74, 6) is 0.518. The largest absolute Gasteiger partial charge is 0.476 e. The summed E-state index contributed by atoms with van der Waals surface area (Å²) in [6, 6.07) is 7.82. The quantitative estimate of drug-likeness (QED) is 0.907. The number of hydrogen-bond donors (Lipinski definition) is 1. The van der Waals surface area contributed by atoms with Crippen molar-refractivity contribution in [2.45, 2.75) is 16.2 Å². The van der Waals surface area contributed by atoms with Gasteiger partial charge in [-0.05, 0) is 30.5 Å². The first-order chi connectivity index (χ1) is 7.79. The molecule has 3 nitrogen and oxygen atoms in total. The summed E-state index contributed by atoms with van der Waals surface area (Å²) in [7, 11) is 0. The summed E-state index contributed by atoms with van der Waals surface area (Å²) in [6.07, 6.45) is 0. The molecule has 0 amide bonds. The fourth-order valence-electron chi connectivity index (χ4n) is 1.17. The molecule has 2 N–H and O–H groups in total. The number of thiophene rings is 1. The van der Waals surface area contributed by atoms with Crippen LogP contribution in [0.2, 0.25) is 0 Å². The Morgan fingerprint density at radius 1 is 1.44 bits per heavy atom. The summed E-state index contributed by atoms with van der Waals surface area (Å²) >= 11 is 3.31. The number of rotatable bonds is 4. The lowest BCUT2D eigenvalue weighted by atomic mass is 10.4. The molecule has 0 aliphatic rings. The van der Waals surface area contributed by atoms with Gasteiger partial charge < -0.3 is 10.5 Å². The van der Waals surface area contributed by atoms with E-state index in [1.54, 1.807) is 23.1 Å². The minimum Gasteiger partial charge on any atom is -0.476 e. The van der Waals surface area contributed by atoms with Gasteiger partial charge in [-0.3, -0.25) is 0 Å². The van der Waals surface area contributed by atoms with Crippen LogP contribution in [0.15, 0.2) is 38.9 Å². The second-order valence-electron chi connectivity index (χ2n) is 3.01. The number of pyridine rings is 1.